The molecule has 41 heavy (non-hydrogen) atoms. The van der Waals surface area contributed by atoms with Crippen LogP contribution in [-0.2, 0) is 12.4 Å². The highest BCUT2D eigenvalue weighted by Crippen LogP contribution is 2.35. The average Bonchev–Trinajstić information content (AvgIpc) is 3.73. The number of imidazole rings is 2. The van der Waals surface area contributed by atoms with E-state index in [1.165, 1.54) is 18.6 Å². The Balaban J connectivity index is 0.000000165. The predicted molar refractivity (Wildman–Crippen MR) is 124 cm³/mol. The molecule has 0 bridgehead atoms. The van der Waals surface area contributed by atoms with Crippen LogP contribution >= 0.6 is 0 Å². The summed E-state index contributed by atoms with van der Waals surface area (Å²) in [5, 5.41) is 9.01. The number of pyridine rings is 2. The number of carboxylic acid groups (broad SMARTS) is 1. The second-order valence-electron chi connectivity index (χ2n) is 8.15. The van der Waals surface area contributed by atoms with Crippen molar-refractivity contribution in [2.24, 2.45) is 0 Å². The molecule has 0 aromatic carbocycles. The summed E-state index contributed by atoms with van der Waals surface area (Å²) < 4.78 is 89.5. The summed E-state index contributed by atoms with van der Waals surface area (Å²) in [4.78, 5) is 37.0. The Morgan fingerprint density at radius 3 is 1.71 bits per heavy atom. The van der Waals surface area contributed by atoms with Gasteiger partial charge in [-0.1, -0.05) is 0 Å². The number of carbonyl (C=O) groups is 2. The van der Waals surface area contributed by atoms with Crippen LogP contribution in [0.4, 0.5) is 26.3 Å². The van der Waals surface area contributed by atoms with Crippen molar-refractivity contribution in [3.8, 4) is 22.6 Å². The summed E-state index contributed by atoms with van der Waals surface area (Å²) in [7, 11) is 0. The topological polar surface area (TPSA) is 141 Å². The van der Waals surface area contributed by atoms with Crippen molar-refractivity contribution in [2.45, 2.75) is 12.4 Å². The summed E-state index contributed by atoms with van der Waals surface area (Å²) in [5.41, 5.74) is -1.92. The molecule has 0 spiro atoms. The molecule has 11 nitrogen and oxygen atoms in total. The molecule has 210 valence electrons. The van der Waals surface area contributed by atoms with Gasteiger partial charge in [-0.05, 0) is 12.1 Å². The summed E-state index contributed by atoms with van der Waals surface area (Å²) in [6.07, 6.45) is -0.378. The summed E-state index contributed by atoms with van der Waals surface area (Å²) >= 11 is 0. The number of carbonyl (C=O) groups excluding carboxylic acids is 1. The Hall–Kier alpha value is -5.48. The molecule has 0 amide bonds. The molecule has 0 fully saturated rings. The number of hydrogen-bond acceptors (Lipinski definition) is 8. The third kappa shape index (κ3) is 5.11. The molecule has 0 atom stereocenters. The smallest absolute Gasteiger partial charge is 0.417 e. The molecule has 6 rings (SSSR count). The first-order valence-corrected chi connectivity index (χ1v) is 11.0. The van der Waals surface area contributed by atoms with Gasteiger partial charge in [-0.2, -0.15) is 26.3 Å². The van der Waals surface area contributed by atoms with Crippen LogP contribution in [0.3, 0.4) is 0 Å². The highest BCUT2D eigenvalue weighted by atomic mass is 19.4. The zero-order valence-corrected chi connectivity index (χ0v) is 19.9. The van der Waals surface area contributed by atoms with Crippen molar-refractivity contribution in [2.75, 3.05) is 0 Å². The van der Waals surface area contributed by atoms with Gasteiger partial charge in [0.15, 0.2) is 36.3 Å². The second-order valence-corrected chi connectivity index (χ2v) is 8.15. The molecule has 0 unspecified atom stereocenters. The number of nitrogens with zero attached hydrogens (tertiary/aromatic N) is 6. The number of carboxylic acids is 1. The van der Waals surface area contributed by atoms with Crippen molar-refractivity contribution in [1.82, 2.24) is 28.7 Å². The van der Waals surface area contributed by atoms with E-state index in [1.54, 1.807) is 0 Å². The third-order valence-corrected chi connectivity index (χ3v) is 5.63. The molecule has 0 radical (unpaired) electrons. The van der Waals surface area contributed by atoms with E-state index in [0.717, 1.165) is 46.1 Å². The van der Waals surface area contributed by atoms with Crippen LogP contribution in [0.2, 0.25) is 0 Å². The molecular formula is C24H12F6N6O5. The number of aromatic nitrogens is 6. The van der Waals surface area contributed by atoms with E-state index < -0.39 is 29.4 Å². The van der Waals surface area contributed by atoms with Gasteiger partial charge in [0.1, 0.15) is 17.0 Å². The van der Waals surface area contributed by atoms with E-state index >= 15 is 0 Å². The van der Waals surface area contributed by atoms with Gasteiger partial charge in [0.2, 0.25) is 0 Å². The van der Waals surface area contributed by atoms with Gasteiger partial charge in [-0.15, -0.1) is 0 Å². The fourth-order valence-electron chi connectivity index (χ4n) is 3.81. The lowest BCUT2D eigenvalue weighted by Gasteiger charge is -2.10. The monoisotopic (exact) mass is 578 g/mol. The Kier molecular flexibility index (Phi) is 6.56. The first-order chi connectivity index (χ1) is 19.4. The Morgan fingerprint density at radius 1 is 0.780 bits per heavy atom. The molecule has 6 aromatic rings. The minimum Gasteiger partial charge on any atom is -0.477 e. The molecule has 0 aliphatic heterocycles. The van der Waals surface area contributed by atoms with Gasteiger partial charge in [0, 0.05) is 12.4 Å². The number of hydrogen-bond donors (Lipinski definition) is 1. The number of aldehydes is 1. The first kappa shape index (κ1) is 27.1. The fourth-order valence-corrected chi connectivity index (χ4v) is 3.81. The van der Waals surface area contributed by atoms with Crippen molar-refractivity contribution in [3.05, 3.63) is 84.6 Å². The molecule has 0 saturated carbocycles. The molecular weight excluding hydrogens is 566 g/mol. The maximum Gasteiger partial charge on any atom is 0.417 e. The lowest BCUT2D eigenvalue weighted by Crippen LogP contribution is -2.09. The molecule has 6 heterocycles. The Bertz CT molecular complexity index is 1870. The Labute approximate surface area is 222 Å². The van der Waals surface area contributed by atoms with Crippen molar-refractivity contribution in [3.63, 3.8) is 0 Å². The van der Waals surface area contributed by atoms with Crippen LogP contribution in [0.25, 0.3) is 33.9 Å². The molecule has 0 saturated heterocycles. The lowest BCUT2D eigenvalue weighted by atomic mass is 10.1. The Morgan fingerprint density at radius 2 is 1.27 bits per heavy atom. The highest BCUT2D eigenvalue weighted by Gasteiger charge is 2.34. The van der Waals surface area contributed by atoms with Crippen LogP contribution < -0.4 is 0 Å². The first-order valence-electron chi connectivity index (χ1n) is 11.0. The largest absolute Gasteiger partial charge is 0.477 e. The van der Waals surface area contributed by atoms with Gasteiger partial charge in [0.25, 0.3) is 0 Å². The van der Waals surface area contributed by atoms with Gasteiger partial charge < -0.3 is 13.9 Å². The van der Waals surface area contributed by atoms with Crippen LogP contribution in [0.5, 0.6) is 0 Å². The van der Waals surface area contributed by atoms with E-state index in [-0.39, 0.29) is 45.3 Å². The zero-order chi connectivity index (χ0) is 29.5. The van der Waals surface area contributed by atoms with E-state index in [1.807, 2.05) is 0 Å². The summed E-state index contributed by atoms with van der Waals surface area (Å²) in [5.74, 6) is -1.18. The minimum atomic E-state index is -4.64. The van der Waals surface area contributed by atoms with Gasteiger partial charge in [-0.25, -0.2) is 24.7 Å². The number of halogens is 6. The molecule has 0 aliphatic rings. The number of aromatic carboxylic acids is 1. The lowest BCUT2D eigenvalue weighted by molar-refractivity contribution is -0.138. The second kappa shape index (κ2) is 9.92. The third-order valence-electron chi connectivity index (χ3n) is 5.63. The highest BCUT2D eigenvalue weighted by molar-refractivity contribution is 5.88. The van der Waals surface area contributed by atoms with Crippen LogP contribution in [-0.4, -0.2) is 46.1 Å². The van der Waals surface area contributed by atoms with Crippen LogP contribution in [0.1, 0.15) is 32.1 Å². The van der Waals surface area contributed by atoms with Gasteiger partial charge in [-0.3, -0.25) is 13.6 Å². The quantitative estimate of drug-likeness (QED) is 0.211. The fraction of sp³-hybridized carbons (Fsp3) is 0.0833. The van der Waals surface area contributed by atoms with E-state index in [2.05, 4.69) is 19.9 Å². The standard InChI is InChI=1S/C12H6F3N3O3.C12H6F3N3O2/c13-12(14,15)6-1-7(9-3-16-5-21-9)10-17-2-8(11(19)20)18(10)4-6;13-12(14,15)7-1-9(10-3-16-6-20-10)11-17-2-8(5-19)18(11)4-7/h1-5H,(H,19,20);1-6H. The predicted octanol–water partition coefficient (Wildman–Crippen LogP) is 5.53. The number of oxazole rings is 2. The maximum absolute atomic E-state index is 12.9. The van der Waals surface area contributed by atoms with E-state index in [9.17, 15) is 35.9 Å². The number of rotatable bonds is 4. The molecule has 1 N–H and O–H groups in total. The summed E-state index contributed by atoms with van der Waals surface area (Å²) in [6.45, 7) is 0. The van der Waals surface area contributed by atoms with Crippen LogP contribution in [0, 0.1) is 0 Å². The van der Waals surface area contributed by atoms with Crippen molar-refractivity contribution in [1.29, 1.82) is 0 Å². The molecule has 17 heteroatoms. The van der Waals surface area contributed by atoms with E-state index in [0.29, 0.717) is 12.5 Å². The van der Waals surface area contributed by atoms with Gasteiger partial charge >= 0.3 is 18.3 Å². The number of alkyl halides is 6. The molecule has 6 aromatic heterocycles. The molecule has 0 aliphatic carbocycles. The van der Waals surface area contributed by atoms with E-state index in [4.69, 9.17) is 13.9 Å². The SMILES string of the molecule is O=C(O)c1cnc2c(-c3cnco3)cc(C(F)(F)F)cn12.O=Cc1cnc2c(-c3cnco3)cc(C(F)(F)F)cn12. The van der Waals surface area contributed by atoms with Crippen molar-refractivity contribution >= 4 is 23.5 Å². The summed E-state index contributed by atoms with van der Waals surface area (Å²) in [6, 6.07) is 1.76. The van der Waals surface area contributed by atoms with Crippen LogP contribution in [0.15, 0.2) is 70.9 Å². The maximum atomic E-state index is 12.9. The minimum absolute atomic E-state index is 0.00910. The normalized spacial score (nSPS) is 12.0. The number of fused-ring (bicyclic) bond motifs is 2. The zero-order valence-electron chi connectivity index (χ0n) is 19.9. The average molecular weight is 578 g/mol. The van der Waals surface area contributed by atoms with Gasteiger partial charge in [0.05, 0.1) is 47.0 Å². The van der Waals surface area contributed by atoms with Crippen molar-refractivity contribution < 1.29 is 49.9 Å².